The molecule has 3 atom stereocenters. The van der Waals surface area contributed by atoms with E-state index in [0.29, 0.717) is 19.0 Å². The molecule has 0 radical (unpaired) electrons. The first-order valence-corrected chi connectivity index (χ1v) is 9.13. The Hall–Kier alpha value is -0.560. The molecule has 0 aromatic rings. The lowest BCUT2D eigenvalue weighted by Gasteiger charge is -2.35. The fourth-order valence-electron chi connectivity index (χ4n) is 4.29. The number of carbonyl (C=O) groups is 2. The quantitative estimate of drug-likeness (QED) is 0.771. The topological polar surface area (TPSA) is 55.9 Å². The SMILES string of the molecule is CCN1CCCC1CN1CC(C(=O)N2CCNC[C@@H]2C)CC1=O.Cl.Cl. The Kier molecular flexibility index (Phi) is 8.95. The van der Waals surface area contributed by atoms with Crippen LogP contribution in [0.2, 0.25) is 0 Å². The molecule has 2 unspecified atom stereocenters. The van der Waals surface area contributed by atoms with Gasteiger partial charge in [0.15, 0.2) is 0 Å². The van der Waals surface area contributed by atoms with Gasteiger partial charge in [0, 0.05) is 51.2 Å². The van der Waals surface area contributed by atoms with E-state index in [2.05, 4.69) is 24.1 Å². The van der Waals surface area contributed by atoms with E-state index in [-0.39, 0.29) is 48.6 Å². The van der Waals surface area contributed by atoms with E-state index in [4.69, 9.17) is 0 Å². The molecule has 3 aliphatic rings. The van der Waals surface area contributed by atoms with Gasteiger partial charge in [-0.15, -0.1) is 24.8 Å². The summed E-state index contributed by atoms with van der Waals surface area (Å²) < 4.78 is 0. The number of likely N-dealkylation sites (N-methyl/N-ethyl adjacent to an activating group) is 1. The average molecular weight is 395 g/mol. The molecule has 0 aliphatic carbocycles. The lowest BCUT2D eigenvalue weighted by Crippen LogP contribution is -2.54. The molecule has 25 heavy (non-hydrogen) atoms. The highest BCUT2D eigenvalue weighted by atomic mass is 35.5. The molecule has 2 amide bonds. The van der Waals surface area contributed by atoms with E-state index < -0.39 is 0 Å². The molecule has 146 valence electrons. The van der Waals surface area contributed by atoms with Gasteiger partial charge < -0.3 is 15.1 Å². The van der Waals surface area contributed by atoms with Crippen LogP contribution in [0.15, 0.2) is 0 Å². The molecule has 3 aliphatic heterocycles. The van der Waals surface area contributed by atoms with Gasteiger partial charge in [-0.1, -0.05) is 6.92 Å². The first-order chi connectivity index (χ1) is 11.1. The van der Waals surface area contributed by atoms with Gasteiger partial charge in [-0.2, -0.15) is 0 Å². The van der Waals surface area contributed by atoms with Gasteiger partial charge in [0.05, 0.1) is 5.92 Å². The van der Waals surface area contributed by atoms with Gasteiger partial charge in [-0.05, 0) is 32.9 Å². The van der Waals surface area contributed by atoms with Crippen LogP contribution in [0, 0.1) is 5.92 Å². The summed E-state index contributed by atoms with van der Waals surface area (Å²) in [5.41, 5.74) is 0. The van der Waals surface area contributed by atoms with Gasteiger partial charge >= 0.3 is 0 Å². The van der Waals surface area contributed by atoms with Crippen LogP contribution in [0.3, 0.4) is 0 Å². The van der Waals surface area contributed by atoms with Crippen LogP contribution >= 0.6 is 24.8 Å². The van der Waals surface area contributed by atoms with Crippen molar-refractivity contribution in [3.63, 3.8) is 0 Å². The minimum atomic E-state index is -0.139. The van der Waals surface area contributed by atoms with E-state index in [1.165, 1.54) is 12.8 Å². The van der Waals surface area contributed by atoms with Crippen molar-refractivity contribution in [3.8, 4) is 0 Å². The Morgan fingerprint density at radius 3 is 2.72 bits per heavy atom. The number of rotatable bonds is 4. The zero-order valence-corrected chi connectivity index (χ0v) is 16.9. The second kappa shape index (κ2) is 9.95. The number of nitrogens with zero attached hydrogens (tertiary/aromatic N) is 3. The van der Waals surface area contributed by atoms with E-state index in [1.54, 1.807) is 0 Å². The average Bonchev–Trinajstić information content (AvgIpc) is 3.14. The Labute approximate surface area is 163 Å². The standard InChI is InChI=1S/C17H30N4O2.2ClH/c1-3-19-7-4-5-15(19)12-20-11-14(9-16(20)22)17(23)21-8-6-18-10-13(21)2;;/h13-15,18H,3-12H2,1-2H3;2*1H/t13-,14?,15?;;/m0../s1. The van der Waals surface area contributed by atoms with Crippen LogP contribution < -0.4 is 5.32 Å². The molecular weight excluding hydrogens is 363 g/mol. The van der Waals surface area contributed by atoms with Crippen molar-refractivity contribution in [1.29, 1.82) is 0 Å². The molecule has 6 nitrogen and oxygen atoms in total. The van der Waals surface area contributed by atoms with Gasteiger partial charge in [0.1, 0.15) is 0 Å². The molecule has 3 saturated heterocycles. The third-order valence-electron chi connectivity index (χ3n) is 5.68. The number of likely N-dealkylation sites (tertiary alicyclic amines) is 2. The predicted octanol–water partition coefficient (Wildman–Crippen LogP) is 0.983. The monoisotopic (exact) mass is 394 g/mol. The van der Waals surface area contributed by atoms with Crippen molar-refractivity contribution in [2.24, 2.45) is 5.92 Å². The molecule has 3 fully saturated rings. The third-order valence-corrected chi connectivity index (χ3v) is 5.68. The lowest BCUT2D eigenvalue weighted by atomic mass is 10.1. The number of halogens is 2. The first-order valence-electron chi connectivity index (χ1n) is 9.13. The Morgan fingerprint density at radius 2 is 2.04 bits per heavy atom. The van der Waals surface area contributed by atoms with Crippen molar-refractivity contribution < 1.29 is 9.59 Å². The zero-order chi connectivity index (χ0) is 16.4. The third kappa shape index (κ3) is 5.00. The maximum Gasteiger partial charge on any atom is 0.228 e. The van der Waals surface area contributed by atoms with Gasteiger partial charge in [-0.3, -0.25) is 14.5 Å². The second-order valence-electron chi connectivity index (χ2n) is 7.21. The van der Waals surface area contributed by atoms with Crippen LogP contribution in [0.1, 0.15) is 33.1 Å². The van der Waals surface area contributed by atoms with Crippen molar-refractivity contribution in [1.82, 2.24) is 20.0 Å². The van der Waals surface area contributed by atoms with Gasteiger partial charge in [-0.25, -0.2) is 0 Å². The van der Waals surface area contributed by atoms with Gasteiger partial charge in [0.2, 0.25) is 11.8 Å². The van der Waals surface area contributed by atoms with Crippen LogP contribution in [-0.4, -0.2) is 84.4 Å². The maximum absolute atomic E-state index is 12.8. The summed E-state index contributed by atoms with van der Waals surface area (Å²) in [6, 6.07) is 0.710. The van der Waals surface area contributed by atoms with Crippen LogP contribution in [-0.2, 0) is 9.59 Å². The largest absolute Gasteiger partial charge is 0.340 e. The Morgan fingerprint density at radius 1 is 1.28 bits per heavy atom. The lowest BCUT2D eigenvalue weighted by molar-refractivity contribution is -0.138. The van der Waals surface area contributed by atoms with E-state index in [9.17, 15) is 9.59 Å². The number of nitrogens with one attached hydrogen (secondary N) is 1. The molecule has 1 N–H and O–H groups in total. The van der Waals surface area contributed by atoms with Crippen LogP contribution in [0.25, 0.3) is 0 Å². The molecule has 3 heterocycles. The Balaban J connectivity index is 0.00000156. The van der Waals surface area contributed by atoms with E-state index in [1.807, 2.05) is 9.80 Å². The summed E-state index contributed by atoms with van der Waals surface area (Å²) in [4.78, 5) is 31.5. The molecule has 0 bridgehead atoms. The predicted molar refractivity (Wildman–Crippen MR) is 103 cm³/mol. The highest BCUT2D eigenvalue weighted by Gasteiger charge is 2.39. The van der Waals surface area contributed by atoms with E-state index in [0.717, 1.165) is 39.3 Å². The summed E-state index contributed by atoms with van der Waals surface area (Å²) in [5, 5.41) is 3.31. The fraction of sp³-hybridized carbons (Fsp3) is 0.882. The van der Waals surface area contributed by atoms with Crippen molar-refractivity contribution >= 4 is 36.6 Å². The van der Waals surface area contributed by atoms with Gasteiger partial charge in [0.25, 0.3) is 0 Å². The minimum Gasteiger partial charge on any atom is -0.340 e. The molecule has 8 heteroatoms. The summed E-state index contributed by atoms with van der Waals surface area (Å²) in [6.07, 6.45) is 2.79. The number of hydrogen-bond donors (Lipinski definition) is 1. The molecule has 0 saturated carbocycles. The summed E-state index contributed by atoms with van der Waals surface area (Å²) in [5.74, 6) is 0.197. The molecule has 0 spiro atoms. The minimum absolute atomic E-state index is 0. The Bertz CT molecular complexity index is 466. The number of amides is 2. The zero-order valence-electron chi connectivity index (χ0n) is 15.3. The smallest absolute Gasteiger partial charge is 0.228 e. The number of hydrogen-bond acceptors (Lipinski definition) is 4. The summed E-state index contributed by atoms with van der Waals surface area (Å²) in [6.45, 7) is 10.3. The highest BCUT2D eigenvalue weighted by Crippen LogP contribution is 2.25. The van der Waals surface area contributed by atoms with Crippen molar-refractivity contribution in [3.05, 3.63) is 0 Å². The molecule has 3 rings (SSSR count). The summed E-state index contributed by atoms with van der Waals surface area (Å²) >= 11 is 0. The first kappa shape index (κ1) is 22.5. The highest BCUT2D eigenvalue weighted by molar-refractivity contribution is 5.89. The van der Waals surface area contributed by atoms with Crippen molar-refractivity contribution in [2.75, 3.05) is 45.8 Å². The molecule has 0 aromatic heterocycles. The number of carbonyl (C=O) groups excluding carboxylic acids is 2. The van der Waals surface area contributed by atoms with Crippen LogP contribution in [0.4, 0.5) is 0 Å². The second-order valence-corrected chi connectivity index (χ2v) is 7.21. The van der Waals surface area contributed by atoms with Crippen LogP contribution in [0.5, 0.6) is 0 Å². The maximum atomic E-state index is 12.8. The fourth-order valence-corrected chi connectivity index (χ4v) is 4.29. The molecular formula is C17H32Cl2N4O2. The van der Waals surface area contributed by atoms with Crippen molar-refractivity contribution in [2.45, 2.75) is 45.2 Å². The summed E-state index contributed by atoms with van der Waals surface area (Å²) in [7, 11) is 0. The van der Waals surface area contributed by atoms with E-state index >= 15 is 0 Å². The molecule has 0 aromatic carbocycles. The normalized spacial score (nSPS) is 30.2. The number of piperazine rings is 1.